The van der Waals surface area contributed by atoms with Crippen molar-refractivity contribution < 1.29 is 22.1 Å². The van der Waals surface area contributed by atoms with E-state index in [2.05, 4.69) is 14.8 Å². The minimum atomic E-state index is -4.66. The van der Waals surface area contributed by atoms with E-state index in [0.717, 1.165) is 18.5 Å². The fourth-order valence-corrected chi connectivity index (χ4v) is 2.88. The summed E-state index contributed by atoms with van der Waals surface area (Å²) in [5.74, 6) is 0. The van der Waals surface area contributed by atoms with Crippen molar-refractivity contribution in [2.75, 3.05) is 11.9 Å². The molecule has 0 aromatic heterocycles. The van der Waals surface area contributed by atoms with E-state index < -0.39 is 21.9 Å². The molecular formula is C14H21N3O6S. The van der Waals surface area contributed by atoms with Gasteiger partial charge >= 0.3 is 10.4 Å². The van der Waals surface area contributed by atoms with Crippen molar-refractivity contribution in [3.05, 3.63) is 33.4 Å². The zero-order chi connectivity index (χ0) is 17.9. The second kappa shape index (κ2) is 7.43. The highest BCUT2D eigenvalue weighted by Crippen LogP contribution is 2.32. The fraction of sp³-hybridized carbons (Fsp3) is 0.571. The number of fused-ring (bicyclic) bond motifs is 1. The van der Waals surface area contributed by atoms with E-state index in [-0.39, 0.29) is 17.3 Å². The molecule has 9 nitrogen and oxygen atoms in total. The minimum Gasteiger partial charge on any atom is -0.381 e. The molecule has 3 N–H and O–H groups in total. The van der Waals surface area contributed by atoms with Crippen LogP contribution in [0.25, 0.3) is 0 Å². The van der Waals surface area contributed by atoms with E-state index in [4.69, 9.17) is 4.55 Å². The van der Waals surface area contributed by atoms with Gasteiger partial charge in [0.15, 0.2) is 0 Å². The van der Waals surface area contributed by atoms with E-state index in [9.17, 15) is 18.5 Å². The molecule has 0 saturated heterocycles. The van der Waals surface area contributed by atoms with Gasteiger partial charge in [0, 0.05) is 30.4 Å². The Morgan fingerprint density at radius 2 is 2.21 bits per heavy atom. The zero-order valence-electron chi connectivity index (χ0n) is 13.5. The molecular weight excluding hydrogens is 338 g/mol. The molecule has 134 valence electrons. The van der Waals surface area contributed by atoms with Crippen molar-refractivity contribution in [1.29, 1.82) is 0 Å². The molecule has 0 bridgehead atoms. The van der Waals surface area contributed by atoms with Crippen LogP contribution in [0.2, 0.25) is 0 Å². The van der Waals surface area contributed by atoms with Gasteiger partial charge < -0.3 is 10.6 Å². The average molecular weight is 359 g/mol. The number of nitro benzene ring substituents is 1. The predicted molar refractivity (Wildman–Crippen MR) is 88.3 cm³/mol. The fourth-order valence-electron chi connectivity index (χ4n) is 2.60. The number of hydrogen-bond acceptors (Lipinski definition) is 7. The standard InChI is InChI=1S/C14H21N3O6S/c1-9(2)15-7-12-4-3-10-5-11(8-23-24(20,21)22)14(17(18)19)6-13(10)16-12/h5-6,9,12,15-16H,3-4,7-8H2,1-2H3,(H,20,21,22). The van der Waals surface area contributed by atoms with Gasteiger partial charge in [-0.15, -0.1) is 0 Å². The lowest BCUT2D eigenvalue weighted by molar-refractivity contribution is -0.385. The van der Waals surface area contributed by atoms with E-state index in [0.29, 0.717) is 18.2 Å². The van der Waals surface area contributed by atoms with Crippen molar-refractivity contribution in [2.45, 2.75) is 45.4 Å². The SMILES string of the molecule is CC(C)NCC1CCc2cc(COS(=O)(=O)O)c([N+](=O)[O-])cc2N1. The Labute approximate surface area is 140 Å². The molecule has 1 aromatic rings. The maximum Gasteiger partial charge on any atom is 0.397 e. The third-order valence-electron chi connectivity index (χ3n) is 3.76. The molecule has 1 atom stereocenters. The lowest BCUT2D eigenvalue weighted by Crippen LogP contribution is -2.38. The monoisotopic (exact) mass is 359 g/mol. The quantitative estimate of drug-likeness (QED) is 0.380. The topological polar surface area (TPSA) is 131 Å². The van der Waals surface area contributed by atoms with Crippen LogP contribution in [0.5, 0.6) is 0 Å². The summed E-state index contributed by atoms with van der Waals surface area (Å²) in [6.07, 6.45) is 1.56. The normalized spacial score (nSPS) is 17.4. The van der Waals surface area contributed by atoms with E-state index in [1.165, 1.54) is 6.07 Å². The molecule has 2 rings (SSSR count). The molecule has 0 spiro atoms. The summed E-state index contributed by atoms with van der Waals surface area (Å²) in [7, 11) is -4.66. The van der Waals surface area contributed by atoms with E-state index in [1.807, 2.05) is 13.8 Å². The summed E-state index contributed by atoms with van der Waals surface area (Å²) in [5.41, 5.74) is 1.38. The molecule has 0 radical (unpaired) electrons. The van der Waals surface area contributed by atoms with Crippen molar-refractivity contribution in [3.8, 4) is 0 Å². The first-order chi connectivity index (χ1) is 11.2. The van der Waals surface area contributed by atoms with Crippen LogP contribution in [0.15, 0.2) is 12.1 Å². The second-order valence-corrected chi connectivity index (χ2v) is 7.12. The Bertz CT molecular complexity index is 719. The molecule has 24 heavy (non-hydrogen) atoms. The van der Waals surface area contributed by atoms with Gasteiger partial charge in [0.2, 0.25) is 0 Å². The Balaban J connectivity index is 2.21. The third-order valence-corrected chi connectivity index (χ3v) is 4.17. The second-order valence-electron chi connectivity index (χ2n) is 6.03. The van der Waals surface area contributed by atoms with Crippen molar-refractivity contribution in [1.82, 2.24) is 5.32 Å². The Kier molecular flexibility index (Phi) is 5.75. The van der Waals surface area contributed by atoms with Crippen LogP contribution in [0.4, 0.5) is 11.4 Å². The Morgan fingerprint density at radius 3 is 2.79 bits per heavy atom. The Morgan fingerprint density at radius 1 is 1.50 bits per heavy atom. The molecule has 1 aliphatic rings. The summed E-state index contributed by atoms with van der Waals surface area (Å²) in [4.78, 5) is 10.6. The predicted octanol–water partition coefficient (Wildman–Crippen LogP) is 1.64. The molecule has 10 heteroatoms. The summed E-state index contributed by atoms with van der Waals surface area (Å²) < 4.78 is 34.3. The molecule has 1 unspecified atom stereocenters. The van der Waals surface area contributed by atoms with Crippen LogP contribution in [0.3, 0.4) is 0 Å². The van der Waals surface area contributed by atoms with Gasteiger partial charge in [-0.25, -0.2) is 4.18 Å². The van der Waals surface area contributed by atoms with Crippen molar-refractivity contribution in [3.63, 3.8) is 0 Å². The molecule has 0 saturated carbocycles. The van der Waals surface area contributed by atoms with Crippen molar-refractivity contribution >= 4 is 21.8 Å². The van der Waals surface area contributed by atoms with Crippen LogP contribution in [0.1, 0.15) is 31.4 Å². The average Bonchev–Trinajstić information content (AvgIpc) is 2.48. The van der Waals surface area contributed by atoms with Crippen LogP contribution < -0.4 is 10.6 Å². The van der Waals surface area contributed by atoms with Crippen LogP contribution in [-0.2, 0) is 27.6 Å². The number of nitrogens with one attached hydrogen (secondary N) is 2. The van der Waals surface area contributed by atoms with Gasteiger partial charge in [-0.05, 0) is 24.5 Å². The smallest absolute Gasteiger partial charge is 0.381 e. The number of nitro groups is 1. The highest BCUT2D eigenvalue weighted by molar-refractivity contribution is 7.80. The molecule has 1 heterocycles. The van der Waals surface area contributed by atoms with Gasteiger partial charge in [-0.2, -0.15) is 8.42 Å². The summed E-state index contributed by atoms with van der Waals surface area (Å²) >= 11 is 0. The minimum absolute atomic E-state index is 0.108. The maximum atomic E-state index is 11.2. The van der Waals surface area contributed by atoms with Gasteiger partial charge in [0.05, 0.1) is 10.5 Å². The first-order valence-electron chi connectivity index (χ1n) is 7.57. The van der Waals surface area contributed by atoms with Crippen molar-refractivity contribution in [2.24, 2.45) is 0 Å². The first kappa shape index (κ1) is 18.6. The number of aryl methyl sites for hydroxylation is 1. The molecule has 0 amide bonds. The summed E-state index contributed by atoms with van der Waals surface area (Å²) in [6, 6.07) is 3.46. The number of nitrogens with zero attached hydrogens (tertiary/aromatic N) is 1. The molecule has 0 fully saturated rings. The maximum absolute atomic E-state index is 11.2. The number of anilines is 1. The summed E-state index contributed by atoms with van der Waals surface area (Å²) in [6.45, 7) is 4.26. The lowest BCUT2D eigenvalue weighted by Gasteiger charge is -2.28. The highest BCUT2D eigenvalue weighted by atomic mass is 32.3. The van der Waals surface area contributed by atoms with Crippen LogP contribution in [-0.4, -0.2) is 36.5 Å². The van der Waals surface area contributed by atoms with Gasteiger partial charge in [-0.1, -0.05) is 13.8 Å². The highest BCUT2D eigenvalue weighted by Gasteiger charge is 2.24. The number of rotatable bonds is 7. The molecule has 0 aliphatic carbocycles. The molecule has 1 aliphatic heterocycles. The van der Waals surface area contributed by atoms with Gasteiger partial charge in [0.25, 0.3) is 5.69 Å². The zero-order valence-corrected chi connectivity index (χ0v) is 14.3. The first-order valence-corrected chi connectivity index (χ1v) is 8.94. The van der Waals surface area contributed by atoms with Gasteiger partial charge in [0.1, 0.15) is 6.61 Å². The molecule has 1 aromatic carbocycles. The van der Waals surface area contributed by atoms with E-state index >= 15 is 0 Å². The lowest BCUT2D eigenvalue weighted by atomic mass is 9.95. The van der Waals surface area contributed by atoms with E-state index in [1.54, 1.807) is 6.07 Å². The van der Waals surface area contributed by atoms with Gasteiger partial charge in [-0.3, -0.25) is 14.7 Å². The summed E-state index contributed by atoms with van der Waals surface area (Å²) in [5, 5.41) is 17.8. The number of benzene rings is 1. The van der Waals surface area contributed by atoms with Crippen LogP contribution >= 0.6 is 0 Å². The Hall–Kier alpha value is -1.75. The third kappa shape index (κ3) is 5.13. The largest absolute Gasteiger partial charge is 0.397 e. The number of hydrogen-bond donors (Lipinski definition) is 3. The van der Waals surface area contributed by atoms with Crippen LogP contribution in [0, 0.1) is 10.1 Å².